The van der Waals surface area contributed by atoms with Crippen LogP contribution in [0.15, 0.2) is 47.6 Å². The number of phenolic OH excluding ortho intramolecular Hbond substituents is 2. The number of aliphatic hydroxyl groups excluding tert-OH is 8. The molecule has 3 heterocycles. The van der Waals surface area contributed by atoms with Gasteiger partial charge in [0.1, 0.15) is 66.3 Å². The predicted molar refractivity (Wildman–Crippen MR) is 133 cm³/mol. The molecule has 2 fully saturated rings. The Kier molecular flexibility index (Phi) is 8.35. The first-order valence-electron chi connectivity index (χ1n) is 12.8. The van der Waals surface area contributed by atoms with Crippen LogP contribution in [0, 0.1) is 5.92 Å². The minimum atomic E-state index is -1.95. The van der Waals surface area contributed by atoms with E-state index in [1.54, 1.807) is 0 Å². The van der Waals surface area contributed by atoms with Crippen LogP contribution in [0.4, 0.5) is 0 Å². The molecule has 42 heavy (non-hydrogen) atoms. The number of benzene rings is 1. The third kappa shape index (κ3) is 5.51. The summed E-state index contributed by atoms with van der Waals surface area (Å²) in [4.78, 5) is 13.6. The number of rotatable bonds is 6. The Bertz CT molecular complexity index is 1290. The molecule has 11 unspecified atom stereocenters. The maximum Gasteiger partial charge on any atom is 0.229 e. The molecule has 16 nitrogen and oxygen atoms in total. The molecule has 16 heteroatoms. The topological polar surface area (TPSA) is 266 Å². The molecular formula is C26H30O16. The number of ether oxygens (including phenoxy) is 5. The molecule has 11 atom stereocenters. The minimum absolute atomic E-state index is 0.00368. The zero-order chi connectivity index (χ0) is 30.5. The highest BCUT2D eigenvalue weighted by molar-refractivity contribution is 6.04. The lowest BCUT2D eigenvalue weighted by atomic mass is 9.86. The number of aromatic hydroxyl groups is 2. The molecule has 10 N–H and O–H groups in total. The fourth-order valence-electron chi connectivity index (χ4n) is 4.91. The van der Waals surface area contributed by atoms with Gasteiger partial charge in [0.15, 0.2) is 23.5 Å². The number of aliphatic hydroxyl groups is 8. The summed E-state index contributed by atoms with van der Waals surface area (Å²) in [5.74, 6) is -5.30. The summed E-state index contributed by atoms with van der Waals surface area (Å²) in [6, 6.07) is 3.40. The SMILES string of the molecule is O=C1C(OC2OC(COC3OCC(O)C(O)C3O)C(O)C(O)C2O)=C(c2ccc(O)c(O)c2)OC2C=C(O)C=C(O)C12. The van der Waals surface area contributed by atoms with Crippen molar-refractivity contribution in [1.82, 2.24) is 0 Å². The van der Waals surface area contributed by atoms with Crippen LogP contribution in [0.2, 0.25) is 0 Å². The number of fused-ring (bicyclic) bond motifs is 1. The van der Waals surface area contributed by atoms with Crippen molar-refractivity contribution in [3.63, 3.8) is 0 Å². The van der Waals surface area contributed by atoms with Gasteiger partial charge in [-0.3, -0.25) is 4.79 Å². The van der Waals surface area contributed by atoms with E-state index in [4.69, 9.17) is 23.7 Å². The summed E-state index contributed by atoms with van der Waals surface area (Å²) in [7, 11) is 0. The van der Waals surface area contributed by atoms with Crippen LogP contribution in [0.3, 0.4) is 0 Å². The number of allylic oxidation sites excluding steroid dienone is 2. The first-order chi connectivity index (χ1) is 19.9. The second-order valence-corrected chi connectivity index (χ2v) is 10.2. The van der Waals surface area contributed by atoms with Gasteiger partial charge in [0, 0.05) is 11.6 Å². The molecule has 0 aromatic heterocycles. The summed E-state index contributed by atoms with van der Waals surface area (Å²) in [6.45, 7) is -0.956. The van der Waals surface area contributed by atoms with Crippen LogP contribution in [0.5, 0.6) is 11.5 Å². The molecule has 3 aliphatic heterocycles. The van der Waals surface area contributed by atoms with Crippen LogP contribution in [0.1, 0.15) is 5.56 Å². The summed E-state index contributed by atoms with van der Waals surface area (Å²) in [5.41, 5.74) is 0.00368. The van der Waals surface area contributed by atoms with E-state index in [0.717, 1.165) is 24.3 Å². The third-order valence-electron chi connectivity index (χ3n) is 7.26. The van der Waals surface area contributed by atoms with Crippen LogP contribution in [-0.2, 0) is 28.5 Å². The molecule has 4 aliphatic rings. The van der Waals surface area contributed by atoms with Crippen molar-refractivity contribution >= 4 is 11.5 Å². The quantitative estimate of drug-likeness (QED) is 0.152. The molecule has 230 valence electrons. The first-order valence-corrected chi connectivity index (χ1v) is 12.8. The average Bonchev–Trinajstić information content (AvgIpc) is 2.94. The van der Waals surface area contributed by atoms with Gasteiger partial charge in [-0.25, -0.2) is 0 Å². The highest BCUT2D eigenvalue weighted by atomic mass is 16.7. The van der Waals surface area contributed by atoms with Gasteiger partial charge in [0.05, 0.1) is 13.2 Å². The molecule has 0 spiro atoms. The van der Waals surface area contributed by atoms with Gasteiger partial charge in [-0.05, 0) is 24.3 Å². The van der Waals surface area contributed by atoms with Crippen LogP contribution < -0.4 is 0 Å². The number of hydrogen-bond donors (Lipinski definition) is 10. The van der Waals surface area contributed by atoms with Crippen molar-refractivity contribution in [2.45, 2.75) is 61.4 Å². The molecule has 0 radical (unpaired) electrons. The van der Waals surface area contributed by atoms with E-state index in [0.29, 0.717) is 0 Å². The van der Waals surface area contributed by atoms with E-state index in [2.05, 4.69) is 0 Å². The standard InChI is InChI=1S/C26H30O16/c27-9-4-12(30)16-14(5-9)40-23(8-1-2-10(28)11(29)3-8)24(19(16)34)42-26-22(37)20(35)18(33)15(41-26)7-39-25-21(36)17(32)13(31)6-38-25/h1-5,13-18,20-22,25-33,35-37H,6-7H2. The summed E-state index contributed by atoms with van der Waals surface area (Å²) >= 11 is 0. The third-order valence-corrected chi connectivity index (χ3v) is 7.26. The van der Waals surface area contributed by atoms with Gasteiger partial charge in [-0.1, -0.05) is 0 Å². The number of phenols is 2. The number of hydrogen-bond acceptors (Lipinski definition) is 16. The van der Waals surface area contributed by atoms with Gasteiger partial charge in [0.25, 0.3) is 0 Å². The van der Waals surface area contributed by atoms with E-state index >= 15 is 0 Å². The van der Waals surface area contributed by atoms with Crippen LogP contribution >= 0.6 is 0 Å². The average molecular weight is 599 g/mol. The second kappa shape index (κ2) is 11.7. The minimum Gasteiger partial charge on any atom is -0.511 e. The Morgan fingerprint density at radius 2 is 1.57 bits per heavy atom. The zero-order valence-electron chi connectivity index (χ0n) is 21.6. The first kappa shape index (κ1) is 30.0. The fourth-order valence-corrected chi connectivity index (χ4v) is 4.91. The lowest BCUT2D eigenvalue weighted by Crippen LogP contribution is -2.60. The zero-order valence-corrected chi connectivity index (χ0v) is 21.6. The Balaban J connectivity index is 1.42. The van der Waals surface area contributed by atoms with Crippen LogP contribution in [-0.4, -0.2) is 131 Å². The molecular weight excluding hydrogens is 568 g/mol. The lowest BCUT2D eigenvalue weighted by Gasteiger charge is -2.42. The molecule has 0 bridgehead atoms. The van der Waals surface area contributed by atoms with E-state index < -0.39 is 103 Å². The van der Waals surface area contributed by atoms with Crippen molar-refractivity contribution in [3.05, 3.63) is 53.2 Å². The van der Waals surface area contributed by atoms with Gasteiger partial charge in [-0.15, -0.1) is 0 Å². The van der Waals surface area contributed by atoms with Crippen LogP contribution in [0.25, 0.3) is 5.76 Å². The molecule has 1 aliphatic carbocycles. The summed E-state index contributed by atoms with van der Waals surface area (Å²) < 4.78 is 27.7. The van der Waals surface area contributed by atoms with Crippen molar-refractivity contribution < 1.29 is 79.5 Å². The highest BCUT2D eigenvalue weighted by Crippen LogP contribution is 2.41. The predicted octanol–water partition coefficient (Wildman–Crippen LogP) is -2.47. The van der Waals surface area contributed by atoms with Gasteiger partial charge >= 0.3 is 0 Å². The number of ketones is 1. The van der Waals surface area contributed by atoms with Gasteiger partial charge in [0.2, 0.25) is 17.8 Å². The number of carbonyl (C=O) groups is 1. The van der Waals surface area contributed by atoms with Crippen molar-refractivity contribution in [1.29, 1.82) is 0 Å². The van der Waals surface area contributed by atoms with E-state index in [-0.39, 0.29) is 23.7 Å². The van der Waals surface area contributed by atoms with E-state index in [1.807, 2.05) is 0 Å². The summed E-state index contributed by atoms with van der Waals surface area (Å²) in [6.07, 6.45) is -14.1. The number of Topliss-reactive ketones (excluding diaryl/α,β-unsaturated/α-hetero) is 1. The Morgan fingerprint density at radius 1 is 0.857 bits per heavy atom. The Hall–Kier alpha value is -3.45. The lowest BCUT2D eigenvalue weighted by molar-refractivity contribution is -0.315. The van der Waals surface area contributed by atoms with E-state index in [1.165, 1.54) is 6.07 Å². The molecule has 5 rings (SSSR count). The van der Waals surface area contributed by atoms with Gasteiger partial charge in [-0.2, -0.15) is 0 Å². The molecule has 0 amide bonds. The van der Waals surface area contributed by atoms with Gasteiger partial charge < -0.3 is 74.7 Å². The van der Waals surface area contributed by atoms with Crippen molar-refractivity contribution in [2.24, 2.45) is 5.92 Å². The monoisotopic (exact) mass is 598 g/mol. The molecule has 0 saturated carbocycles. The van der Waals surface area contributed by atoms with Crippen molar-refractivity contribution in [2.75, 3.05) is 13.2 Å². The second-order valence-electron chi connectivity index (χ2n) is 10.2. The molecule has 1 aromatic rings. The Labute approximate surface area is 236 Å². The molecule has 2 saturated heterocycles. The van der Waals surface area contributed by atoms with E-state index in [9.17, 15) is 55.9 Å². The fraction of sp³-hybridized carbons (Fsp3) is 0.500. The molecule has 1 aromatic carbocycles. The Morgan fingerprint density at radius 3 is 2.29 bits per heavy atom. The maximum atomic E-state index is 13.6. The maximum absolute atomic E-state index is 13.6. The highest BCUT2D eigenvalue weighted by Gasteiger charge is 2.50. The largest absolute Gasteiger partial charge is 0.511 e. The smallest absolute Gasteiger partial charge is 0.229 e. The normalized spacial score (nSPS) is 38.7. The number of carbonyl (C=O) groups excluding carboxylic acids is 1. The summed E-state index contributed by atoms with van der Waals surface area (Å²) in [5, 5.41) is 101. The van der Waals surface area contributed by atoms with Crippen molar-refractivity contribution in [3.8, 4) is 11.5 Å².